The van der Waals surface area contributed by atoms with Gasteiger partial charge in [0, 0.05) is 0 Å². The van der Waals surface area contributed by atoms with Crippen LogP contribution in [0.3, 0.4) is 0 Å². The number of rotatable bonds is 0. The van der Waals surface area contributed by atoms with E-state index in [1.165, 1.54) is 0 Å². The SMILES string of the molecule is C[CH]C.[Cl][Mg][Cl].[LiH]. The summed E-state index contributed by atoms with van der Waals surface area (Å²) < 4.78 is 0. The fourth-order valence-electron chi connectivity index (χ4n) is 0. The van der Waals surface area contributed by atoms with Gasteiger partial charge in [-0.3, -0.25) is 0 Å². The molecule has 0 atom stereocenters. The summed E-state index contributed by atoms with van der Waals surface area (Å²) in [6, 6.07) is 0. The Hall–Kier alpha value is 1.94. The predicted octanol–water partition coefficient (Wildman–Crippen LogP) is 1.58. The van der Waals surface area contributed by atoms with E-state index >= 15 is 0 Å². The van der Waals surface area contributed by atoms with Gasteiger partial charge in [0.1, 0.15) is 0 Å². The molecule has 0 saturated carbocycles. The Labute approximate surface area is 74.8 Å². The van der Waals surface area contributed by atoms with E-state index in [9.17, 15) is 0 Å². The average Bonchev–Trinajstić information content (AvgIpc) is 1.39. The van der Waals surface area contributed by atoms with Crippen molar-refractivity contribution >= 4 is 55.2 Å². The molecule has 0 saturated heterocycles. The second-order valence-electron chi connectivity index (χ2n) is 0.678. The normalized spacial score (nSPS) is 4.00. The molecule has 0 aliphatic rings. The van der Waals surface area contributed by atoms with Crippen LogP contribution in [0, 0.1) is 6.42 Å². The second kappa shape index (κ2) is 24.6. The quantitative estimate of drug-likeness (QED) is 0.455. The summed E-state index contributed by atoms with van der Waals surface area (Å²) in [6.07, 6.45) is 2.00. The molecule has 0 rings (SSSR count). The summed E-state index contributed by atoms with van der Waals surface area (Å²) in [5.41, 5.74) is 0. The molecule has 0 heterocycles. The molecule has 0 aliphatic heterocycles. The van der Waals surface area contributed by atoms with E-state index in [4.69, 9.17) is 18.1 Å². The molecule has 0 aliphatic carbocycles. The molecule has 0 spiro atoms. The van der Waals surface area contributed by atoms with Gasteiger partial charge in [-0.05, 0) is 6.42 Å². The van der Waals surface area contributed by atoms with Gasteiger partial charge in [-0.2, -0.15) is 0 Å². The molecule has 0 nitrogen and oxygen atoms in total. The standard InChI is InChI=1S/C3H7.2ClH.Li.Mg.H/c1-3-2;;;;;/h3H,1-2H3;2*1H;;;/q;;;;+2;/p-2. The maximum absolute atomic E-state index is 4.90. The Bertz CT molecular complexity index is 14.9. The Morgan fingerprint density at radius 3 is 1.29 bits per heavy atom. The van der Waals surface area contributed by atoms with E-state index in [0.717, 1.165) is 0 Å². The van der Waals surface area contributed by atoms with Crippen LogP contribution in [-0.2, 0) is 0 Å². The molecule has 0 bridgehead atoms. The third kappa shape index (κ3) is 74.3. The average molecular weight is 146 g/mol. The van der Waals surface area contributed by atoms with Crippen molar-refractivity contribution in [1.82, 2.24) is 0 Å². The number of hydrogen-bond acceptors (Lipinski definition) is 0. The van der Waals surface area contributed by atoms with Crippen LogP contribution in [0.5, 0.6) is 0 Å². The Morgan fingerprint density at radius 1 is 1.29 bits per heavy atom. The van der Waals surface area contributed by atoms with E-state index in [0.29, 0.717) is 0 Å². The van der Waals surface area contributed by atoms with Crippen molar-refractivity contribution in [3.05, 3.63) is 6.42 Å². The molecule has 0 N–H and O–H groups in total. The van der Waals surface area contributed by atoms with Crippen LogP contribution in [0.2, 0.25) is 0 Å². The van der Waals surface area contributed by atoms with Gasteiger partial charge in [0.25, 0.3) is 0 Å². The summed E-state index contributed by atoms with van der Waals surface area (Å²) in [4.78, 5) is 0. The van der Waals surface area contributed by atoms with Crippen LogP contribution in [0.1, 0.15) is 13.8 Å². The van der Waals surface area contributed by atoms with E-state index in [1.807, 2.05) is 20.3 Å². The number of hydrogen-bond donors (Lipinski definition) is 0. The molecule has 0 fully saturated rings. The second-order valence-corrected chi connectivity index (χ2v) is 3.30. The van der Waals surface area contributed by atoms with Crippen LogP contribution >= 0.6 is 18.1 Å². The first kappa shape index (κ1) is 16.0. The van der Waals surface area contributed by atoms with Gasteiger partial charge in [0.15, 0.2) is 0 Å². The molecule has 1 radical (unpaired) electrons. The molecular formula is C3H8Cl2LiMg. The van der Waals surface area contributed by atoms with Crippen molar-refractivity contribution in [2.24, 2.45) is 0 Å². The van der Waals surface area contributed by atoms with Crippen LogP contribution in [0.25, 0.3) is 0 Å². The van der Waals surface area contributed by atoms with Crippen LogP contribution in [-0.4, -0.2) is 37.0 Å². The van der Waals surface area contributed by atoms with Crippen molar-refractivity contribution in [3.8, 4) is 0 Å². The van der Waals surface area contributed by atoms with E-state index in [1.54, 1.807) is 0 Å². The third-order valence-corrected chi connectivity index (χ3v) is 0. The summed E-state index contributed by atoms with van der Waals surface area (Å²) in [5.74, 6) is 0. The maximum atomic E-state index is 4.90. The first-order chi connectivity index (χ1) is 2.83. The molecule has 0 unspecified atom stereocenters. The molecule has 7 heavy (non-hydrogen) atoms. The summed E-state index contributed by atoms with van der Waals surface area (Å²) in [6.45, 7) is 4.00. The molecule has 0 aromatic heterocycles. The van der Waals surface area contributed by atoms with Gasteiger partial charge in [-0.15, -0.1) is 0 Å². The van der Waals surface area contributed by atoms with E-state index in [-0.39, 0.29) is 18.9 Å². The summed E-state index contributed by atoms with van der Waals surface area (Å²) in [7, 11) is 9.81. The summed E-state index contributed by atoms with van der Waals surface area (Å²) in [5, 5.41) is 0. The van der Waals surface area contributed by atoms with Gasteiger partial charge in [0.05, 0.1) is 0 Å². The van der Waals surface area contributed by atoms with Gasteiger partial charge in [-0.1, -0.05) is 13.8 Å². The topological polar surface area (TPSA) is 0 Å². The minimum absolute atomic E-state index is 0. The predicted molar refractivity (Wildman–Crippen MR) is 40.3 cm³/mol. The van der Waals surface area contributed by atoms with Crippen molar-refractivity contribution in [2.75, 3.05) is 0 Å². The zero-order chi connectivity index (χ0) is 5.41. The molecule has 4 heteroatoms. The zero-order valence-corrected chi connectivity index (χ0v) is 6.97. The van der Waals surface area contributed by atoms with Gasteiger partial charge < -0.3 is 18.1 Å². The van der Waals surface area contributed by atoms with E-state index < -0.39 is 18.2 Å². The molecular weight excluding hydrogens is 138 g/mol. The third-order valence-electron chi connectivity index (χ3n) is 0. The van der Waals surface area contributed by atoms with Gasteiger partial charge >= 0.3 is 37.0 Å². The Morgan fingerprint density at radius 2 is 1.29 bits per heavy atom. The Balaban J connectivity index is -0.0000000400. The zero-order valence-electron chi connectivity index (χ0n) is 4.04. The first-order valence-corrected chi connectivity index (χ1v) is 5.97. The molecule has 0 amide bonds. The summed E-state index contributed by atoms with van der Waals surface area (Å²) >= 11 is -0.639. The number of halogens is 2. The van der Waals surface area contributed by atoms with Crippen molar-refractivity contribution in [3.63, 3.8) is 0 Å². The van der Waals surface area contributed by atoms with Gasteiger partial charge in [0.2, 0.25) is 0 Å². The van der Waals surface area contributed by atoms with Crippen molar-refractivity contribution in [1.29, 1.82) is 0 Å². The van der Waals surface area contributed by atoms with Crippen molar-refractivity contribution in [2.45, 2.75) is 13.8 Å². The van der Waals surface area contributed by atoms with E-state index in [2.05, 4.69) is 0 Å². The van der Waals surface area contributed by atoms with Gasteiger partial charge in [-0.25, -0.2) is 0 Å². The minimum atomic E-state index is -0.639. The van der Waals surface area contributed by atoms with Crippen LogP contribution in [0.15, 0.2) is 0 Å². The van der Waals surface area contributed by atoms with Crippen molar-refractivity contribution < 1.29 is 0 Å². The fourth-order valence-corrected chi connectivity index (χ4v) is 0. The fraction of sp³-hybridized carbons (Fsp3) is 0.667. The van der Waals surface area contributed by atoms with Crippen LogP contribution < -0.4 is 0 Å². The van der Waals surface area contributed by atoms with Crippen LogP contribution in [0.4, 0.5) is 0 Å². The molecule has 37 valence electrons. The first-order valence-electron chi connectivity index (χ1n) is 1.69. The molecule has 0 aromatic rings. The molecule has 0 aromatic carbocycles. The monoisotopic (exact) mass is 145 g/mol. The Kier molecular flexibility index (Phi) is 56.2.